The second-order valence-electron chi connectivity index (χ2n) is 6.30. The molecule has 1 aliphatic heterocycles. The van der Waals surface area contributed by atoms with Crippen molar-refractivity contribution in [3.63, 3.8) is 0 Å². The maximum atomic E-state index is 6.15. The molecule has 0 aromatic carbocycles. The standard InChI is InChI=1S/C18H36O2/c1-4-7-8-9-10-11-12-14-18-19-15-16(6-3)17(20-18)13-5-2/h16-18H,4-15H2,1-3H3/t16-,17+,18+/m1/s1. The average molecular weight is 284 g/mol. The number of hydrogen-bond acceptors (Lipinski definition) is 2. The Morgan fingerprint density at radius 3 is 2.15 bits per heavy atom. The van der Waals surface area contributed by atoms with Crippen LogP contribution in [0.5, 0.6) is 0 Å². The Kier molecular flexibility index (Phi) is 10.4. The van der Waals surface area contributed by atoms with Crippen LogP contribution in [-0.4, -0.2) is 19.0 Å². The summed E-state index contributed by atoms with van der Waals surface area (Å²) in [6, 6.07) is 0. The van der Waals surface area contributed by atoms with Crippen molar-refractivity contribution < 1.29 is 9.47 Å². The Labute approximate surface area is 126 Å². The van der Waals surface area contributed by atoms with Gasteiger partial charge in [-0.2, -0.15) is 0 Å². The van der Waals surface area contributed by atoms with Crippen molar-refractivity contribution in [2.24, 2.45) is 5.92 Å². The van der Waals surface area contributed by atoms with Crippen molar-refractivity contribution in [3.05, 3.63) is 0 Å². The summed E-state index contributed by atoms with van der Waals surface area (Å²) in [7, 11) is 0. The molecule has 1 aliphatic rings. The van der Waals surface area contributed by atoms with Crippen molar-refractivity contribution >= 4 is 0 Å². The van der Waals surface area contributed by atoms with Crippen molar-refractivity contribution in [3.8, 4) is 0 Å². The first-order valence-corrected chi connectivity index (χ1v) is 9.08. The average Bonchev–Trinajstić information content (AvgIpc) is 2.47. The predicted molar refractivity (Wildman–Crippen MR) is 85.9 cm³/mol. The zero-order valence-electron chi connectivity index (χ0n) is 14.0. The second-order valence-corrected chi connectivity index (χ2v) is 6.30. The summed E-state index contributed by atoms with van der Waals surface area (Å²) in [5.41, 5.74) is 0. The topological polar surface area (TPSA) is 18.5 Å². The SMILES string of the molecule is CCCCCCCCC[C@H]1OC[C@@H](CC)[C@H](CCC)O1. The molecule has 0 radical (unpaired) electrons. The van der Waals surface area contributed by atoms with E-state index < -0.39 is 0 Å². The summed E-state index contributed by atoms with van der Waals surface area (Å²) in [6.45, 7) is 7.67. The number of hydrogen-bond donors (Lipinski definition) is 0. The quantitative estimate of drug-likeness (QED) is 0.453. The van der Waals surface area contributed by atoms with Gasteiger partial charge in [0, 0.05) is 5.92 Å². The fourth-order valence-electron chi connectivity index (χ4n) is 3.07. The Balaban J connectivity index is 2.09. The molecule has 0 saturated carbocycles. The van der Waals surface area contributed by atoms with Crippen LogP contribution in [0.25, 0.3) is 0 Å². The third-order valence-corrected chi connectivity index (χ3v) is 4.49. The minimum absolute atomic E-state index is 0.0741. The summed E-state index contributed by atoms with van der Waals surface area (Å²) < 4.78 is 12.0. The number of rotatable bonds is 11. The van der Waals surface area contributed by atoms with Crippen LogP contribution in [0.2, 0.25) is 0 Å². The maximum absolute atomic E-state index is 6.15. The van der Waals surface area contributed by atoms with Gasteiger partial charge in [-0.15, -0.1) is 0 Å². The summed E-state index contributed by atoms with van der Waals surface area (Å²) in [5, 5.41) is 0. The molecule has 0 bridgehead atoms. The highest BCUT2D eigenvalue weighted by molar-refractivity contribution is 4.73. The van der Waals surface area contributed by atoms with E-state index in [-0.39, 0.29) is 6.29 Å². The van der Waals surface area contributed by atoms with Gasteiger partial charge in [-0.3, -0.25) is 0 Å². The molecule has 3 atom stereocenters. The summed E-state index contributed by atoms with van der Waals surface area (Å²) in [5.74, 6) is 0.611. The van der Waals surface area contributed by atoms with Crippen molar-refractivity contribution in [2.45, 2.75) is 104 Å². The highest BCUT2D eigenvalue weighted by Crippen LogP contribution is 2.27. The Morgan fingerprint density at radius 1 is 0.800 bits per heavy atom. The highest BCUT2D eigenvalue weighted by atomic mass is 16.7. The minimum atomic E-state index is 0.0741. The number of unbranched alkanes of at least 4 members (excludes halogenated alkanes) is 6. The lowest BCUT2D eigenvalue weighted by atomic mass is 9.95. The summed E-state index contributed by atoms with van der Waals surface area (Å²) >= 11 is 0. The van der Waals surface area contributed by atoms with E-state index in [0.717, 1.165) is 13.0 Å². The summed E-state index contributed by atoms with van der Waals surface area (Å²) in [4.78, 5) is 0. The third-order valence-electron chi connectivity index (χ3n) is 4.49. The van der Waals surface area contributed by atoms with Crippen molar-refractivity contribution in [2.75, 3.05) is 6.61 Å². The normalized spacial score (nSPS) is 26.9. The van der Waals surface area contributed by atoms with Crippen LogP contribution in [-0.2, 0) is 9.47 Å². The monoisotopic (exact) mass is 284 g/mol. The molecule has 2 nitrogen and oxygen atoms in total. The molecule has 1 rings (SSSR count). The lowest BCUT2D eigenvalue weighted by molar-refractivity contribution is -0.240. The van der Waals surface area contributed by atoms with E-state index in [9.17, 15) is 0 Å². The van der Waals surface area contributed by atoms with Gasteiger partial charge in [-0.25, -0.2) is 0 Å². The van der Waals surface area contributed by atoms with Crippen LogP contribution in [0.4, 0.5) is 0 Å². The number of ether oxygens (including phenoxy) is 2. The first-order chi connectivity index (χ1) is 9.81. The van der Waals surface area contributed by atoms with Gasteiger partial charge in [0.1, 0.15) is 0 Å². The van der Waals surface area contributed by atoms with E-state index in [1.807, 2.05) is 0 Å². The zero-order valence-corrected chi connectivity index (χ0v) is 14.0. The van der Waals surface area contributed by atoms with Gasteiger partial charge in [0.15, 0.2) is 6.29 Å². The summed E-state index contributed by atoms with van der Waals surface area (Å²) in [6.07, 6.45) is 14.7. The zero-order chi connectivity index (χ0) is 14.6. The van der Waals surface area contributed by atoms with Gasteiger partial charge in [-0.05, 0) is 25.7 Å². The van der Waals surface area contributed by atoms with Gasteiger partial charge in [0.25, 0.3) is 0 Å². The third kappa shape index (κ3) is 7.08. The molecule has 1 saturated heterocycles. The lowest BCUT2D eigenvalue weighted by Gasteiger charge is -2.36. The molecule has 0 unspecified atom stereocenters. The van der Waals surface area contributed by atoms with E-state index >= 15 is 0 Å². The van der Waals surface area contributed by atoms with E-state index in [4.69, 9.17) is 9.47 Å². The van der Waals surface area contributed by atoms with Crippen LogP contribution in [0.3, 0.4) is 0 Å². The fourth-order valence-corrected chi connectivity index (χ4v) is 3.07. The van der Waals surface area contributed by atoms with Gasteiger partial charge in [0.2, 0.25) is 0 Å². The molecule has 2 heteroatoms. The molecule has 1 fully saturated rings. The molecule has 1 heterocycles. The molecule has 0 spiro atoms. The Bertz CT molecular complexity index is 217. The van der Waals surface area contributed by atoms with Crippen LogP contribution in [0.15, 0.2) is 0 Å². The molecule has 0 N–H and O–H groups in total. The first-order valence-electron chi connectivity index (χ1n) is 9.08. The Morgan fingerprint density at radius 2 is 1.50 bits per heavy atom. The second kappa shape index (κ2) is 11.6. The van der Waals surface area contributed by atoms with Crippen molar-refractivity contribution in [1.29, 1.82) is 0 Å². The smallest absolute Gasteiger partial charge is 0.157 e. The molecular weight excluding hydrogens is 248 g/mol. The van der Waals surface area contributed by atoms with Gasteiger partial charge in [-0.1, -0.05) is 65.7 Å². The minimum Gasteiger partial charge on any atom is -0.352 e. The first kappa shape index (κ1) is 18.0. The maximum Gasteiger partial charge on any atom is 0.157 e. The predicted octanol–water partition coefficient (Wildman–Crippen LogP) is 5.69. The van der Waals surface area contributed by atoms with Gasteiger partial charge < -0.3 is 9.47 Å². The van der Waals surface area contributed by atoms with Gasteiger partial charge in [0.05, 0.1) is 12.7 Å². The molecule has 0 aromatic heterocycles. The highest BCUT2D eigenvalue weighted by Gasteiger charge is 2.29. The van der Waals surface area contributed by atoms with Crippen LogP contribution in [0, 0.1) is 5.92 Å². The fraction of sp³-hybridized carbons (Fsp3) is 1.00. The molecule has 20 heavy (non-hydrogen) atoms. The van der Waals surface area contributed by atoms with Crippen molar-refractivity contribution in [1.82, 2.24) is 0 Å². The van der Waals surface area contributed by atoms with Crippen LogP contribution < -0.4 is 0 Å². The van der Waals surface area contributed by atoms with Crippen LogP contribution >= 0.6 is 0 Å². The molecular formula is C18H36O2. The Hall–Kier alpha value is -0.0800. The molecule has 0 amide bonds. The largest absolute Gasteiger partial charge is 0.352 e. The van der Waals surface area contributed by atoms with Crippen LogP contribution in [0.1, 0.15) is 91.4 Å². The molecule has 120 valence electrons. The van der Waals surface area contributed by atoms with E-state index in [1.54, 1.807) is 0 Å². The van der Waals surface area contributed by atoms with E-state index in [1.165, 1.54) is 64.2 Å². The molecule has 0 aliphatic carbocycles. The van der Waals surface area contributed by atoms with E-state index in [0.29, 0.717) is 12.0 Å². The lowest BCUT2D eigenvalue weighted by Crippen LogP contribution is -2.39. The van der Waals surface area contributed by atoms with E-state index in [2.05, 4.69) is 20.8 Å². The van der Waals surface area contributed by atoms with Gasteiger partial charge >= 0.3 is 0 Å². The molecule has 0 aromatic rings.